The van der Waals surface area contributed by atoms with Crippen molar-refractivity contribution >= 4 is 22.6 Å². The van der Waals surface area contributed by atoms with Crippen molar-refractivity contribution < 1.29 is 19.1 Å². The molecule has 0 bridgehead atoms. The zero-order valence-electron chi connectivity index (χ0n) is 14.9. The Morgan fingerprint density at radius 1 is 1.26 bits per heavy atom. The van der Waals surface area contributed by atoms with Crippen molar-refractivity contribution in [1.82, 2.24) is 9.88 Å². The lowest BCUT2D eigenvalue weighted by Gasteiger charge is -2.24. The Hall–Kier alpha value is -3.28. The van der Waals surface area contributed by atoms with Crippen LogP contribution in [0.25, 0.3) is 10.9 Å². The van der Waals surface area contributed by atoms with Gasteiger partial charge in [0.15, 0.2) is 11.5 Å². The summed E-state index contributed by atoms with van der Waals surface area (Å²) in [6.45, 7) is 2.07. The van der Waals surface area contributed by atoms with E-state index in [0.717, 1.165) is 16.5 Å². The highest BCUT2D eigenvalue weighted by Gasteiger charge is 2.44. The van der Waals surface area contributed by atoms with Gasteiger partial charge >= 0.3 is 0 Å². The van der Waals surface area contributed by atoms with Crippen LogP contribution in [0.5, 0.6) is 0 Å². The number of hydrogen-bond acceptors (Lipinski definition) is 4. The topological polar surface area (TPSA) is 86.5 Å². The number of aliphatic hydroxyl groups excluding tert-OH is 1. The van der Waals surface area contributed by atoms with E-state index in [1.54, 1.807) is 19.1 Å². The second kappa shape index (κ2) is 6.79. The standard InChI is InChI=1S/C21H20N2O4/c1-2-16(24)18-19(17-8-5-11-27-17)23(21(26)20(18)25)10-9-13-12-22-15-7-4-3-6-14(13)15/h3-8,11-12,19,22,25H,2,9-10H2,1H3. The van der Waals surface area contributed by atoms with Crippen molar-refractivity contribution in [3.63, 3.8) is 0 Å². The largest absolute Gasteiger partial charge is 0.503 e. The second-order valence-electron chi connectivity index (χ2n) is 6.57. The fourth-order valence-corrected chi connectivity index (χ4v) is 3.68. The van der Waals surface area contributed by atoms with Gasteiger partial charge in [0.25, 0.3) is 5.91 Å². The summed E-state index contributed by atoms with van der Waals surface area (Å²) in [5.41, 5.74) is 2.23. The minimum atomic E-state index is -0.690. The number of carbonyl (C=O) groups excluding carboxylic acids is 2. The zero-order valence-corrected chi connectivity index (χ0v) is 14.9. The maximum Gasteiger partial charge on any atom is 0.290 e. The molecule has 27 heavy (non-hydrogen) atoms. The molecule has 0 saturated heterocycles. The number of Topliss-reactive ketones (excluding diaryl/α,β-unsaturated/α-hetero) is 1. The van der Waals surface area contributed by atoms with Crippen LogP contribution in [0.4, 0.5) is 0 Å². The van der Waals surface area contributed by atoms with E-state index in [2.05, 4.69) is 4.98 Å². The molecule has 1 aromatic carbocycles. The van der Waals surface area contributed by atoms with E-state index in [4.69, 9.17) is 4.42 Å². The molecule has 3 aromatic rings. The average Bonchev–Trinajstić information content (AvgIpc) is 3.40. The smallest absolute Gasteiger partial charge is 0.290 e. The Balaban J connectivity index is 1.65. The van der Waals surface area contributed by atoms with Crippen molar-refractivity contribution in [1.29, 1.82) is 0 Å². The van der Waals surface area contributed by atoms with Crippen molar-refractivity contribution in [3.8, 4) is 0 Å². The van der Waals surface area contributed by atoms with Gasteiger partial charge in [-0.2, -0.15) is 0 Å². The molecule has 2 aromatic heterocycles. The molecule has 4 rings (SSSR count). The predicted molar refractivity (Wildman–Crippen MR) is 100 cm³/mol. The fraction of sp³-hybridized carbons (Fsp3) is 0.238. The van der Waals surface area contributed by atoms with Crippen LogP contribution >= 0.6 is 0 Å². The Kier molecular flexibility index (Phi) is 4.32. The summed E-state index contributed by atoms with van der Waals surface area (Å²) >= 11 is 0. The molecule has 6 nitrogen and oxygen atoms in total. The van der Waals surface area contributed by atoms with Crippen LogP contribution in [0.15, 0.2) is 64.6 Å². The molecule has 138 valence electrons. The summed E-state index contributed by atoms with van der Waals surface area (Å²) in [5.74, 6) is -0.782. The van der Waals surface area contributed by atoms with Gasteiger partial charge in [0.05, 0.1) is 11.8 Å². The number of nitrogens with zero attached hydrogens (tertiary/aromatic N) is 1. The molecule has 0 spiro atoms. The summed E-state index contributed by atoms with van der Waals surface area (Å²) in [5, 5.41) is 11.4. The summed E-state index contributed by atoms with van der Waals surface area (Å²) in [7, 11) is 0. The Labute approximate surface area is 156 Å². The number of hydrogen-bond donors (Lipinski definition) is 2. The number of furan rings is 1. The molecule has 0 radical (unpaired) electrons. The summed E-state index contributed by atoms with van der Waals surface area (Å²) in [4.78, 5) is 29.8. The molecule has 0 aliphatic carbocycles. The second-order valence-corrected chi connectivity index (χ2v) is 6.57. The first-order valence-corrected chi connectivity index (χ1v) is 8.97. The maximum absolute atomic E-state index is 12.7. The lowest BCUT2D eigenvalue weighted by Crippen LogP contribution is -2.32. The molecular weight excluding hydrogens is 344 g/mol. The van der Waals surface area contributed by atoms with Crippen LogP contribution in [0.3, 0.4) is 0 Å². The van der Waals surface area contributed by atoms with E-state index in [9.17, 15) is 14.7 Å². The maximum atomic E-state index is 12.7. The van der Waals surface area contributed by atoms with Gasteiger partial charge in [0.1, 0.15) is 11.8 Å². The van der Waals surface area contributed by atoms with E-state index in [1.165, 1.54) is 11.2 Å². The van der Waals surface area contributed by atoms with Gasteiger partial charge in [0.2, 0.25) is 0 Å². The molecule has 1 amide bonds. The number of aromatic nitrogens is 1. The minimum absolute atomic E-state index is 0.122. The third-order valence-corrected chi connectivity index (χ3v) is 5.03. The Morgan fingerprint density at radius 3 is 2.81 bits per heavy atom. The summed E-state index contributed by atoms with van der Waals surface area (Å²) in [6, 6.07) is 10.7. The third-order valence-electron chi connectivity index (χ3n) is 5.03. The third kappa shape index (κ3) is 2.83. The first-order valence-electron chi connectivity index (χ1n) is 8.97. The van der Waals surface area contributed by atoms with E-state index in [1.807, 2.05) is 30.5 Å². The quantitative estimate of drug-likeness (QED) is 0.699. The Morgan fingerprint density at radius 2 is 2.07 bits per heavy atom. The molecule has 6 heteroatoms. The molecule has 1 aliphatic rings. The number of benzene rings is 1. The first-order chi connectivity index (χ1) is 13.1. The number of rotatable bonds is 6. The first kappa shape index (κ1) is 17.1. The number of fused-ring (bicyclic) bond motifs is 1. The lowest BCUT2D eigenvalue weighted by atomic mass is 9.99. The van der Waals surface area contributed by atoms with Crippen LogP contribution in [0.1, 0.15) is 30.7 Å². The highest BCUT2D eigenvalue weighted by atomic mass is 16.3. The number of aromatic amines is 1. The van der Waals surface area contributed by atoms with Gasteiger partial charge in [0, 0.05) is 30.1 Å². The van der Waals surface area contributed by atoms with Gasteiger partial charge < -0.3 is 19.4 Å². The number of aliphatic hydroxyl groups is 1. The van der Waals surface area contributed by atoms with Gasteiger partial charge in [-0.1, -0.05) is 25.1 Å². The Bertz CT molecular complexity index is 1030. The van der Waals surface area contributed by atoms with E-state index < -0.39 is 17.7 Å². The monoisotopic (exact) mass is 364 g/mol. The zero-order chi connectivity index (χ0) is 19.0. The number of amides is 1. The van der Waals surface area contributed by atoms with Gasteiger partial charge in [-0.05, 0) is 30.2 Å². The molecule has 1 unspecified atom stereocenters. The molecular formula is C21H20N2O4. The summed E-state index contributed by atoms with van der Waals surface area (Å²) < 4.78 is 5.48. The van der Waals surface area contributed by atoms with E-state index >= 15 is 0 Å². The normalized spacial score (nSPS) is 17.3. The lowest BCUT2D eigenvalue weighted by molar-refractivity contribution is -0.129. The van der Waals surface area contributed by atoms with Gasteiger partial charge in [-0.25, -0.2) is 0 Å². The number of carbonyl (C=O) groups is 2. The number of H-pyrrole nitrogens is 1. The number of ketones is 1. The molecule has 3 heterocycles. The summed E-state index contributed by atoms with van der Waals surface area (Å²) in [6.07, 6.45) is 4.23. The number of para-hydroxylation sites is 1. The highest BCUT2D eigenvalue weighted by molar-refractivity contribution is 6.08. The van der Waals surface area contributed by atoms with Crippen LogP contribution in [0, 0.1) is 0 Å². The SMILES string of the molecule is CCC(=O)C1=C(O)C(=O)N(CCc2c[nH]c3ccccc23)C1c1ccco1. The van der Waals surface area contributed by atoms with Crippen molar-refractivity contribution in [2.24, 2.45) is 0 Å². The fourth-order valence-electron chi connectivity index (χ4n) is 3.68. The van der Waals surface area contributed by atoms with Gasteiger partial charge in [-0.15, -0.1) is 0 Å². The van der Waals surface area contributed by atoms with Gasteiger partial charge in [-0.3, -0.25) is 9.59 Å². The van der Waals surface area contributed by atoms with Crippen LogP contribution in [0.2, 0.25) is 0 Å². The molecule has 2 N–H and O–H groups in total. The van der Waals surface area contributed by atoms with Crippen molar-refractivity contribution in [2.75, 3.05) is 6.54 Å². The predicted octanol–water partition coefficient (Wildman–Crippen LogP) is 3.68. The molecule has 1 aliphatic heterocycles. The molecule has 1 atom stereocenters. The highest BCUT2D eigenvalue weighted by Crippen LogP contribution is 2.38. The average molecular weight is 364 g/mol. The minimum Gasteiger partial charge on any atom is -0.503 e. The molecule has 0 fully saturated rings. The van der Waals surface area contributed by atoms with E-state index in [0.29, 0.717) is 18.7 Å². The van der Waals surface area contributed by atoms with Crippen LogP contribution in [-0.4, -0.2) is 33.2 Å². The van der Waals surface area contributed by atoms with Crippen LogP contribution < -0.4 is 0 Å². The van der Waals surface area contributed by atoms with Crippen molar-refractivity contribution in [2.45, 2.75) is 25.8 Å². The number of nitrogens with one attached hydrogen (secondary N) is 1. The van der Waals surface area contributed by atoms with E-state index in [-0.39, 0.29) is 17.8 Å². The van der Waals surface area contributed by atoms with Crippen molar-refractivity contribution in [3.05, 3.63) is 71.5 Å². The molecule has 0 saturated carbocycles. The van der Waals surface area contributed by atoms with Crippen LogP contribution in [-0.2, 0) is 16.0 Å².